The van der Waals surface area contributed by atoms with E-state index in [0.29, 0.717) is 17.9 Å². The highest BCUT2D eigenvalue weighted by atomic mass is 16.6. The van der Waals surface area contributed by atoms with Gasteiger partial charge >= 0.3 is 0 Å². The Morgan fingerprint density at radius 1 is 1.62 bits per heavy atom. The number of rotatable bonds is 4. The van der Waals surface area contributed by atoms with Crippen molar-refractivity contribution in [3.8, 4) is 6.07 Å². The fourth-order valence-corrected chi connectivity index (χ4v) is 2.58. The van der Waals surface area contributed by atoms with Gasteiger partial charge in [-0.3, -0.25) is 10.1 Å². The van der Waals surface area contributed by atoms with Crippen LogP contribution in [0.4, 0.5) is 11.4 Å². The van der Waals surface area contributed by atoms with Crippen molar-refractivity contribution in [2.75, 3.05) is 11.9 Å². The molecule has 0 aromatic heterocycles. The van der Waals surface area contributed by atoms with E-state index in [1.54, 1.807) is 6.07 Å². The van der Waals surface area contributed by atoms with Crippen molar-refractivity contribution in [3.63, 3.8) is 0 Å². The summed E-state index contributed by atoms with van der Waals surface area (Å²) in [5, 5.41) is 23.3. The van der Waals surface area contributed by atoms with Crippen LogP contribution >= 0.6 is 0 Å². The average Bonchev–Trinajstić information content (AvgIpc) is 2.47. The molecule has 21 heavy (non-hydrogen) atoms. The van der Waals surface area contributed by atoms with Crippen molar-refractivity contribution in [1.29, 1.82) is 5.26 Å². The second-order valence-electron chi connectivity index (χ2n) is 5.58. The molecule has 2 rings (SSSR count). The van der Waals surface area contributed by atoms with Gasteiger partial charge < -0.3 is 10.1 Å². The van der Waals surface area contributed by atoms with Crippen LogP contribution in [0, 0.1) is 21.4 Å². The number of nitrogens with one attached hydrogen (secondary N) is 1. The van der Waals surface area contributed by atoms with Crippen molar-refractivity contribution in [2.24, 2.45) is 0 Å². The zero-order valence-corrected chi connectivity index (χ0v) is 12.3. The summed E-state index contributed by atoms with van der Waals surface area (Å²) in [6.45, 7) is 4.85. The summed E-state index contributed by atoms with van der Waals surface area (Å²) >= 11 is 0. The van der Waals surface area contributed by atoms with Crippen LogP contribution in [0.5, 0.6) is 0 Å². The highest BCUT2D eigenvalue weighted by molar-refractivity contribution is 5.61. The fourth-order valence-electron chi connectivity index (χ4n) is 2.58. The average molecular weight is 289 g/mol. The molecule has 6 heteroatoms. The van der Waals surface area contributed by atoms with E-state index >= 15 is 0 Å². The van der Waals surface area contributed by atoms with Gasteiger partial charge in [-0.05, 0) is 32.3 Å². The first-order chi connectivity index (χ1) is 9.97. The summed E-state index contributed by atoms with van der Waals surface area (Å²) in [7, 11) is 0. The third kappa shape index (κ3) is 3.50. The van der Waals surface area contributed by atoms with E-state index in [1.165, 1.54) is 12.1 Å². The summed E-state index contributed by atoms with van der Waals surface area (Å²) in [4.78, 5) is 10.3. The number of hydrogen-bond acceptors (Lipinski definition) is 5. The van der Waals surface area contributed by atoms with Gasteiger partial charge in [0.2, 0.25) is 0 Å². The monoisotopic (exact) mass is 289 g/mol. The molecule has 1 aromatic rings. The van der Waals surface area contributed by atoms with Gasteiger partial charge in [-0.15, -0.1) is 0 Å². The minimum absolute atomic E-state index is 0.0672. The van der Waals surface area contributed by atoms with Gasteiger partial charge in [-0.1, -0.05) is 6.92 Å². The van der Waals surface area contributed by atoms with Gasteiger partial charge in [0.1, 0.15) is 6.07 Å². The maximum atomic E-state index is 10.8. The quantitative estimate of drug-likeness (QED) is 0.679. The predicted molar refractivity (Wildman–Crippen MR) is 79.1 cm³/mol. The molecule has 1 aliphatic rings. The van der Waals surface area contributed by atoms with Gasteiger partial charge in [0.25, 0.3) is 5.69 Å². The van der Waals surface area contributed by atoms with Crippen molar-refractivity contribution in [3.05, 3.63) is 33.9 Å². The Bertz CT molecular complexity index is 582. The molecule has 1 aliphatic heterocycles. The molecule has 1 N–H and O–H groups in total. The first-order valence-corrected chi connectivity index (χ1v) is 7.06. The second kappa shape index (κ2) is 6.10. The van der Waals surface area contributed by atoms with Gasteiger partial charge in [0.15, 0.2) is 0 Å². The SMILES string of the molecule is CCC1(C)CC(Nc2ccc([N+](=O)[O-])cc2C#N)CCO1. The third-order valence-corrected chi connectivity index (χ3v) is 4.04. The maximum absolute atomic E-state index is 10.8. The number of nitrogens with zero attached hydrogens (tertiary/aromatic N) is 2. The zero-order valence-electron chi connectivity index (χ0n) is 12.3. The Labute approximate surface area is 123 Å². The Morgan fingerprint density at radius 3 is 3.00 bits per heavy atom. The maximum Gasteiger partial charge on any atom is 0.270 e. The lowest BCUT2D eigenvalue weighted by Crippen LogP contribution is -2.41. The van der Waals surface area contributed by atoms with Crippen LogP contribution in [0.2, 0.25) is 0 Å². The minimum atomic E-state index is -0.493. The summed E-state index contributed by atoms with van der Waals surface area (Å²) in [6.07, 6.45) is 2.64. The summed E-state index contributed by atoms with van der Waals surface area (Å²) in [5.41, 5.74) is 0.730. The molecule has 0 radical (unpaired) electrons. The molecule has 0 spiro atoms. The molecule has 0 aliphatic carbocycles. The summed E-state index contributed by atoms with van der Waals surface area (Å²) in [6, 6.07) is 6.55. The highest BCUT2D eigenvalue weighted by Gasteiger charge is 2.31. The number of anilines is 1. The molecule has 0 saturated carbocycles. The largest absolute Gasteiger partial charge is 0.381 e. The molecule has 2 unspecified atom stereocenters. The molecule has 1 aromatic carbocycles. The van der Waals surface area contributed by atoms with Crippen LogP contribution in [-0.2, 0) is 4.74 Å². The molecule has 1 fully saturated rings. The van der Waals surface area contributed by atoms with Gasteiger partial charge in [0.05, 0.1) is 21.8 Å². The second-order valence-corrected chi connectivity index (χ2v) is 5.58. The van der Waals surface area contributed by atoms with Crippen LogP contribution in [0.3, 0.4) is 0 Å². The zero-order chi connectivity index (χ0) is 15.5. The number of ether oxygens (including phenoxy) is 1. The molecule has 0 bridgehead atoms. The van der Waals surface area contributed by atoms with E-state index in [1.807, 2.05) is 6.07 Å². The molecule has 0 amide bonds. The van der Waals surface area contributed by atoms with Crippen LogP contribution in [0.25, 0.3) is 0 Å². The first kappa shape index (κ1) is 15.3. The standard InChI is InChI=1S/C15H19N3O3/c1-3-15(2)9-12(6-7-21-15)17-14-5-4-13(18(19)20)8-11(14)10-16/h4-5,8,12,17H,3,6-7,9H2,1-2H3. The smallest absolute Gasteiger partial charge is 0.270 e. The molecule has 1 saturated heterocycles. The lowest BCUT2D eigenvalue weighted by molar-refractivity contribution is -0.384. The van der Waals surface area contributed by atoms with E-state index in [0.717, 1.165) is 19.3 Å². The van der Waals surface area contributed by atoms with E-state index in [4.69, 9.17) is 10.00 Å². The Hall–Kier alpha value is -2.13. The number of nitro groups is 1. The van der Waals surface area contributed by atoms with Crippen LogP contribution < -0.4 is 5.32 Å². The number of benzene rings is 1. The number of non-ortho nitro benzene ring substituents is 1. The third-order valence-electron chi connectivity index (χ3n) is 4.04. The van der Waals surface area contributed by atoms with Crippen LogP contribution in [0.1, 0.15) is 38.7 Å². The lowest BCUT2D eigenvalue weighted by atomic mass is 9.89. The number of nitriles is 1. The Kier molecular flexibility index (Phi) is 4.43. The molecular formula is C15H19N3O3. The Balaban J connectivity index is 2.16. The molecule has 112 valence electrons. The minimum Gasteiger partial charge on any atom is -0.381 e. The number of nitro benzene ring substituents is 1. The van der Waals surface area contributed by atoms with Crippen molar-refractivity contribution < 1.29 is 9.66 Å². The Morgan fingerprint density at radius 2 is 2.38 bits per heavy atom. The van der Waals surface area contributed by atoms with Gasteiger partial charge in [-0.25, -0.2) is 0 Å². The van der Waals surface area contributed by atoms with Gasteiger partial charge in [0, 0.05) is 24.8 Å². The van der Waals surface area contributed by atoms with Crippen LogP contribution in [-0.4, -0.2) is 23.2 Å². The highest BCUT2D eigenvalue weighted by Crippen LogP contribution is 2.31. The lowest BCUT2D eigenvalue weighted by Gasteiger charge is -2.38. The van der Waals surface area contributed by atoms with Crippen molar-refractivity contribution in [2.45, 2.75) is 44.8 Å². The first-order valence-electron chi connectivity index (χ1n) is 7.06. The molecule has 1 heterocycles. The van der Waals surface area contributed by atoms with Crippen LogP contribution in [0.15, 0.2) is 18.2 Å². The van der Waals surface area contributed by atoms with E-state index < -0.39 is 4.92 Å². The van der Waals surface area contributed by atoms with Crippen molar-refractivity contribution in [1.82, 2.24) is 0 Å². The van der Waals surface area contributed by atoms with Gasteiger partial charge in [-0.2, -0.15) is 5.26 Å². The fraction of sp³-hybridized carbons (Fsp3) is 0.533. The summed E-state index contributed by atoms with van der Waals surface area (Å²) < 4.78 is 5.80. The molecule has 2 atom stereocenters. The van der Waals surface area contributed by atoms with E-state index in [9.17, 15) is 10.1 Å². The van der Waals surface area contributed by atoms with E-state index in [2.05, 4.69) is 19.2 Å². The van der Waals surface area contributed by atoms with Crippen molar-refractivity contribution >= 4 is 11.4 Å². The normalized spacial score (nSPS) is 25.1. The number of hydrogen-bond donors (Lipinski definition) is 1. The predicted octanol–water partition coefficient (Wildman–Crippen LogP) is 3.23. The topological polar surface area (TPSA) is 88.2 Å². The van der Waals surface area contributed by atoms with E-state index in [-0.39, 0.29) is 17.3 Å². The summed E-state index contributed by atoms with van der Waals surface area (Å²) in [5.74, 6) is 0. The molecular weight excluding hydrogens is 270 g/mol. The molecule has 6 nitrogen and oxygen atoms in total.